The van der Waals surface area contributed by atoms with Gasteiger partial charge in [-0.25, -0.2) is 9.00 Å². The number of hydrogen-bond donors (Lipinski definition) is 2. The second-order valence-electron chi connectivity index (χ2n) is 6.59. The van der Waals surface area contributed by atoms with Gasteiger partial charge in [0.05, 0.1) is 5.69 Å². The summed E-state index contributed by atoms with van der Waals surface area (Å²) < 4.78 is 28.8. The minimum atomic E-state index is -2.52. The van der Waals surface area contributed by atoms with Gasteiger partial charge in [-0.15, -0.1) is 0 Å². The Morgan fingerprint density at radius 2 is 1.90 bits per heavy atom. The van der Waals surface area contributed by atoms with E-state index < -0.39 is 23.3 Å². The average molecular weight is 410 g/mol. The summed E-state index contributed by atoms with van der Waals surface area (Å²) in [6.07, 6.45) is 3.85. The fourth-order valence-electron chi connectivity index (χ4n) is 3.42. The van der Waals surface area contributed by atoms with Crippen molar-refractivity contribution in [2.75, 3.05) is 4.31 Å². The van der Waals surface area contributed by atoms with E-state index in [2.05, 4.69) is 4.98 Å². The van der Waals surface area contributed by atoms with E-state index in [1.807, 2.05) is 30.3 Å². The average Bonchev–Trinajstić information content (AvgIpc) is 3.09. The summed E-state index contributed by atoms with van der Waals surface area (Å²) in [5, 5.41) is 11.4. The molecule has 2 unspecified atom stereocenters. The van der Waals surface area contributed by atoms with Gasteiger partial charge in [0, 0.05) is 23.2 Å². The van der Waals surface area contributed by atoms with Crippen LogP contribution < -0.4 is 4.31 Å². The minimum absolute atomic E-state index is 0.150. The summed E-state index contributed by atoms with van der Waals surface area (Å²) in [4.78, 5) is 16.0. The van der Waals surface area contributed by atoms with Crippen LogP contribution in [-0.2, 0) is 22.5 Å². The molecule has 0 aliphatic carbocycles. The first kappa shape index (κ1) is 19.1. The third kappa shape index (κ3) is 3.85. The predicted octanol–water partition coefficient (Wildman–Crippen LogP) is 4.01. The quantitative estimate of drug-likeness (QED) is 0.446. The molecule has 2 N–H and O–H groups in total. The van der Waals surface area contributed by atoms with Gasteiger partial charge in [-0.2, -0.15) is 0 Å². The molecule has 148 valence electrons. The van der Waals surface area contributed by atoms with Crippen LogP contribution in [0.5, 0.6) is 0 Å². The van der Waals surface area contributed by atoms with Crippen LogP contribution in [0.1, 0.15) is 12.0 Å². The number of carboxylic acid groups (broad SMARTS) is 1. The standard InChI is InChI=1S/C21H18N2O5S/c24-21(25)18(9-7-14-4-3-11-22-13-14)23(29(26)27)15-8-10-20-17(12-15)16-5-1-2-6-19(16)28-20/h1-6,8,10-13,18H,7,9H2,(H,24,25)(H,26,27). The van der Waals surface area contributed by atoms with Crippen LogP contribution in [0, 0.1) is 0 Å². The van der Waals surface area contributed by atoms with E-state index in [0.717, 1.165) is 20.6 Å². The van der Waals surface area contributed by atoms with E-state index >= 15 is 0 Å². The van der Waals surface area contributed by atoms with Crippen molar-refractivity contribution in [1.29, 1.82) is 0 Å². The normalized spacial score (nSPS) is 13.4. The number of furan rings is 1. The third-order valence-electron chi connectivity index (χ3n) is 4.78. The molecule has 29 heavy (non-hydrogen) atoms. The molecule has 0 saturated heterocycles. The zero-order chi connectivity index (χ0) is 20.4. The van der Waals surface area contributed by atoms with Crippen LogP contribution in [0.4, 0.5) is 5.69 Å². The molecule has 4 aromatic rings. The number of para-hydroxylation sites is 1. The molecule has 7 nitrogen and oxygen atoms in total. The van der Waals surface area contributed by atoms with E-state index in [0.29, 0.717) is 23.3 Å². The van der Waals surface area contributed by atoms with Gasteiger partial charge in [-0.05, 0) is 48.7 Å². The summed E-state index contributed by atoms with van der Waals surface area (Å²) in [7, 11) is 0. The highest BCUT2D eigenvalue weighted by Crippen LogP contribution is 2.33. The smallest absolute Gasteiger partial charge is 0.327 e. The molecule has 2 atom stereocenters. The SMILES string of the molecule is O=C(O)C(CCc1cccnc1)N(c1ccc2oc3ccccc3c2c1)S(=O)O. The van der Waals surface area contributed by atoms with Gasteiger partial charge in [0.25, 0.3) is 11.3 Å². The maximum Gasteiger partial charge on any atom is 0.327 e. The molecule has 0 amide bonds. The lowest BCUT2D eigenvalue weighted by Crippen LogP contribution is -2.42. The zero-order valence-corrected chi connectivity index (χ0v) is 16.1. The maximum absolute atomic E-state index is 12.1. The van der Waals surface area contributed by atoms with Gasteiger partial charge in [0.2, 0.25) is 0 Å². The molecule has 8 heteroatoms. The van der Waals surface area contributed by atoms with Crippen molar-refractivity contribution < 1.29 is 23.1 Å². The number of aliphatic carboxylic acids is 1. The summed E-state index contributed by atoms with van der Waals surface area (Å²) >= 11 is -2.52. The van der Waals surface area contributed by atoms with Crippen LogP contribution >= 0.6 is 0 Å². The number of anilines is 1. The Labute approximate surface area is 169 Å². The summed E-state index contributed by atoms with van der Waals surface area (Å²) in [5.41, 5.74) is 2.52. The molecule has 0 fully saturated rings. The van der Waals surface area contributed by atoms with Crippen LogP contribution in [0.25, 0.3) is 21.9 Å². The Morgan fingerprint density at radius 1 is 1.10 bits per heavy atom. The Kier molecular flexibility index (Phi) is 5.28. The Balaban J connectivity index is 1.72. The lowest BCUT2D eigenvalue weighted by atomic mass is 10.1. The topological polar surface area (TPSA) is 104 Å². The molecule has 0 aliphatic heterocycles. The van der Waals surface area contributed by atoms with E-state index in [1.54, 1.807) is 36.7 Å². The Hall–Kier alpha value is -3.23. The first-order valence-corrected chi connectivity index (χ1v) is 10.0. The number of carboxylic acids is 1. The minimum Gasteiger partial charge on any atom is -0.480 e. The second-order valence-corrected chi connectivity index (χ2v) is 7.44. The summed E-state index contributed by atoms with van der Waals surface area (Å²) in [6, 6.07) is 14.9. The molecule has 2 heterocycles. The molecule has 0 radical (unpaired) electrons. The highest BCUT2D eigenvalue weighted by atomic mass is 32.2. The van der Waals surface area contributed by atoms with Gasteiger partial charge < -0.3 is 9.52 Å². The van der Waals surface area contributed by atoms with E-state index in [-0.39, 0.29) is 6.42 Å². The van der Waals surface area contributed by atoms with Crippen LogP contribution in [-0.4, -0.2) is 30.9 Å². The van der Waals surface area contributed by atoms with Crippen LogP contribution in [0.3, 0.4) is 0 Å². The lowest BCUT2D eigenvalue weighted by Gasteiger charge is -2.27. The molecular weight excluding hydrogens is 392 g/mol. The number of nitrogens with zero attached hydrogens (tertiary/aromatic N) is 2. The number of aryl methyl sites for hydroxylation is 1. The van der Waals surface area contributed by atoms with Crippen molar-refractivity contribution in [2.24, 2.45) is 0 Å². The molecule has 2 aromatic carbocycles. The number of carbonyl (C=O) groups is 1. The first-order valence-electron chi connectivity index (χ1n) is 8.98. The van der Waals surface area contributed by atoms with E-state index in [4.69, 9.17) is 4.42 Å². The summed E-state index contributed by atoms with van der Waals surface area (Å²) in [5.74, 6) is -1.17. The van der Waals surface area contributed by atoms with Crippen molar-refractivity contribution in [1.82, 2.24) is 4.98 Å². The number of aromatic nitrogens is 1. The van der Waals surface area contributed by atoms with Crippen LogP contribution in [0.15, 0.2) is 71.4 Å². The summed E-state index contributed by atoms with van der Waals surface area (Å²) in [6.45, 7) is 0. The second kappa shape index (κ2) is 8.02. The monoisotopic (exact) mass is 410 g/mol. The van der Waals surface area contributed by atoms with Crippen molar-refractivity contribution in [3.63, 3.8) is 0 Å². The first-order chi connectivity index (χ1) is 14.0. The molecule has 2 aromatic heterocycles. The molecular formula is C21H18N2O5S. The van der Waals surface area contributed by atoms with Crippen LogP contribution in [0.2, 0.25) is 0 Å². The molecule has 0 saturated carbocycles. The number of pyridine rings is 1. The number of fused-ring (bicyclic) bond motifs is 3. The molecule has 0 aliphatic rings. The maximum atomic E-state index is 12.1. The van der Waals surface area contributed by atoms with E-state index in [9.17, 15) is 18.7 Å². The van der Waals surface area contributed by atoms with Crippen molar-refractivity contribution in [2.45, 2.75) is 18.9 Å². The van der Waals surface area contributed by atoms with Gasteiger partial charge in [-0.1, -0.05) is 24.3 Å². The predicted molar refractivity (Wildman–Crippen MR) is 111 cm³/mol. The number of benzene rings is 2. The van der Waals surface area contributed by atoms with Gasteiger partial charge >= 0.3 is 5.97 Å². The van der Waals surface area contributed by atoms with Gasteiger partial charge in [0.1, 0.15) is 17.2 Å². The van der Waals surface area contributed by atoms with Gasteiger partial charge in [-0.3, -0.25) is 13.8 Å². The molecule has 4 rings (SSSR count). The fourth-order valence-corrected chi connectivity index (χ4v) is 4.13. The fraction of sp³-hybridized carbons (Fsp3) is 0.143. The van der Waals surface area contributed by atoms with E-state index in [1.165, 1.54) is 0 Å². The third-order valence-corrected chi connectivity index (χ3v) is 5.58. The Morgan fingerprint density at radius 3 is 2.62 bits per heavy atom. The zero-order valence-electron chi connectivity index (χ0n) is 15.3. The lowest BCUT2D eigenvalue weighted by molar-refractivity contribution is -0.138. The molecule has 0 spiro atoms. The van der Waals surface area contributed by atoms with Crippen molar-refractivity contribution in [3.05, 3.63) is 72.6 Å². The van der Waals surface area contributed by atoms with Crippen molar-refractivity contribution >= 4 is 44.9 Å². The Bertz CT molecular complexity index is 1190. The highest BCUT2D eigenvalue weighted by molar-refractivity contribution is 7.80. The number of hydrogen-bond acceptors (Lipinski definition) is 4. The molecule has 0 bridgehead atoms. The highest BCUT2D eigenvalue weighted by Gasteiger charge is 2.30. The largest absolute Gasteiger partial charge is 0.480 e. The van der Waals surface area contributed by atoms with Crippen molar-refractivity contribution in [3.8, 4) is 0 Å². The number of rotatable bonds is 7. The van der Waals surface area contributed by atoms with Gasteiger partial charge in [0.15, 0.2) is 0 Å².